The molecule has 21 heavy (non-hydrogen) atoms. The summed E-state index contributed by atoms with van der Waals surface area (Å²) in [7, 11) is 0. The van der Waals surface area contributed by atoms with Crippen LogP contribution >= 0.6 is 0 Å². The van der Waals surface area contributed by atoms with Gasteiger partial charge in [0.25, 0.3) is 0 Å². The SMILES string of the molecule is CC(C)(C)OC(=O)N1CCC(O)([C@@H]2CCCCC2=O)CC1. The molecule has 1 aliphatic heterocycles. The van der Waals surface area contributed by atoms with Crippen LogP contribution in [0.5, 0.6) is 0 Å². The molecule has 0 aromatic carbocycles. The Kier molecular flexibility index (Phi) is 4.61. The van der Waals surface area contributed by atoms with Crippen LogP contribution in [0.1, 0.15) is 59.3 Å². The van der Waals surface area contributed by atoms with E-state index < -0.39 is 11.2 Å². The van der Waals surface area contributed by atoms with Gasteiger partial charge in [0.05, 0.1) is 5.60 Å². The van der Waals surface area contributed by atoms with Crippen LogP contribution in [0.2, 0.25) is 0 Å². The summed E-state index contributed by atoms with van der Waals surface area (Å²) >= 11 is 0. The molecule has 1 heterocycles. The van der Waals surface area contributed by atoms with Crippen LogP contribution in [0.4, 0.5) is 4.79 Å². The molecular formula is C16H27NO4. The van der Waals surface area contributed by atoms with Gasteiger partial charge in [0.2, 0.25) is 0 Å². The molecule has 0 bridgehead atoms. The fraction of sp³-hybridized carbons (Fsp3) is 0.875. The Hall–Kier alpha value is -1.10. The number of Topliss-reactive ketones (excluding diaryl/α,β-unsaturated/α-hetero) is 1. The number of ketones is 1. The number of aliphatic hydroxyl groups is 1. The second-order valence-electron chi connectivity index (χ2n) is 7.34. The Labute approximate surface area is 126 Å². The van der Waals surface area contributed by atoms with E-state index in [1.807, 2.05) is 20.8 Å². The molecule has 1 aliphatic carbocycles. The van der Waals surface area contributed by atoms with Gasteiger partial charge >= 0.3 is 6.09 Å². The minimum absolute atomic E-state index is 0.189. The van der Waals surface area contributed by atoms with E-state index in [0.29, 0.717) is 32.4 Å². The smallest absolute Gasteiger partial charge is 0.410 e. The lowest BCUT2D eigenvalue weighted by Crippen LogP contribution is -2.53. The van der Waals surface area contributed by atoms with Gasteiger partial charge in [-0.05, 0) is 46.5 Å². The van der Waals surface area contributed by atoms with Crippen LogP contribution in [0.15, 0.2) is 0 Å². The van der Waals surface area contributed by atoms with Crippen LogP contribution in [-0.2, 0) is 9.53 Å². The molecule has 1 saturated carbocycles. The van der Waals surface area contributed by atoms with Crippen molar-refractivity contribution in [3.8, 4) is 0 Å². The van der Waals surface area contributed by atoms with Crippen molar-refractivity contribution < 1.29 is 19.4 Å². The molecule has 0 aromatic heterocycles. The Bertz CT molecular complexity index is 405. The molecule has 1 atom stereocenters. The predicted octanol–water partition coefficient (Wildman–Crippen LogP) is 2.51. The van der Waals surface area contributed by atoms with Gasteiger partial charge in [0.15, 0.2) is 0 Å². The summed E-state index contributed by atoms with van der Waals surface area (Å²) in [4.78, 5) is 25.7. The number of likely N-dealkylation sites (tertiary alicyclic amines) is 1. The predicted molar refractivity (Wildman–Crippen MR) is 79.0 cm³/mol. The number of hydrogen-bond acceptors (Lipinski definition) is 4. The lowest BCUT2D eigenvalue weighted by atomic mass is 9.71. The molecule has 5 nitrogen and oxygen atoms in total. The van der Waals surface area contributed by atoms with Crippen molar-refractivity contribution in [2.75, 3.05) is 13.1 Å². The minimum Gasteiger partial charge on any atom is -0.444 e. The Morgan fingerprint density at radius 2 is 1.90 bits per heavy atom. The summed E-state index contributed by atoms with van der Waals surface area (Å²) in [6.45, 7) is 6.42. The molecule has 5 heteroatoms. The fourth-order valence-electron chi connectivity index (χ4n) is 3.30. The highest BCUT2D eigenvalue weighted by Crippen LogP contribution is 2.37. The number of piperidine rings is 1. The molecule has 2 rings (SSSR count). The Morgan fingerprint density at radius 3 is 2.43 bits per heavy atom. The zero-order chi connectivity index (χ0) is 15.7. The topological polar surface area (TPSA) is 66.8 Å². The van der Waals surface area contributed by atoms with Crippen LogP contribution in [-0.4, -0.2) is 46.2 Å². The van der Waals surface area contributed by atoms with Crippen molar-refractivity contribution >= 4 is 11.9 Å². The molecular weight excluding hydrogens is 270 g/mol. The standard InChI is InChI=1S/C16H27NO4/c1-15(2,3)21-14(19)17-10-8-16(20,9-11-17)12-6-4-5-7-13(12)18/h12,20H,4-11H2,1-3H3/t12-/m1/s1. The highest BCUT2D eigenvalue weighted by atomic mass is 16.6. The number of ether oxygens (including phenoxy) is 1. The number of nitrogens with zero attached hydrogens (tertiary/aromatic N) is 1. The van der Waals surface area contributed by atoms with Gasteiger partial charge in [-0.3, -0.25) is 4.79 Å². The molecule has 2 fully saturated rings. The number of carbonyl (C=O) groups is 2. The van der Waals surface area contributed by atoms with Gasteiger partial charge in [-0.2, -0.15) is 0 Å². The van der Waals surface area contributed by atoms with E-state index in [1.54, 1.807) is 4.90 Å². The summed E-state index contributed by atoms with van der Waals surface area (Å²) in [5.41, 5.74) is -1.44. The average Bonchev–Trinajstić information content (AvgIpc) is 2.37. The van der Waals surface area contributed by atoms with E-state index >= 15 is 0 Å². The summed E-state index contributed by atoms with van der Waals surface area (Å²) in [5.74, 6) is -0.0542. The second kappa shape index (κ2) is 5.95. The van der Waals surface area contributed by atoms with Crippen molar-refractivity contribution in [3.63, 3.8) is 0 Å². The highest BCUT2D eigenvalue weighted by molar-refractivity contribution is 5.82. The normalized spacial score (nSPS) is 26.6. The van der Waals surface area contributed by atoms with E-state index in [-0.39, 0.29) is 17.8 Å². The van der Waals surface area contributed by atoms with Crippen molar-refractivity contribution in [3.05, 3.63) is 0 Å². The molecule has 0 unspecified atom stereocenters. The van der Waals surface area contributed by atoms with Crippen LogP contribution in [0, 0.1) is 5.92 Å². The third-order valence-corrected chi connectivity index (χ3v) is 4.48. The summed E-state index contributed by atoms with van der Waals surface area (Å²) in [5, 5.41) is 10.8. The van der Waals surface area contributed by atoms with Crippen LogP contribution < -0.4 is 0 Å². The second-order valence-corrected chi connectivity index (χ2v) is 7.34. The first kappa shape index (κ1) is 16.3. The monoisotopic (exact) mass is 297 g/mol. The average molecular weight is 297 g/mol. The van der Waals surface area contributed by atoms with E-state index in [2.05, 4.69) is 0 Å². The molecule has 120 valence electrons. The third-order valence-electron chi connectivity index (χ3n) is 4.48. The van der Waals surface area contributed by atoms with Crippen LogP contribution in [0.3, 0.4) is 0 Å². The molecule has 1 amide bonds. The first-order valence-corrected chi connectivity index (χ1v) is 7.94. The van der Waals surface area contributed by atoms with Gasteiger partial charge in [-0.25, -0.2) is 4.79 Å². The fourth-order valence-corrected chi connectivity index (χ4v) is 3.30. The van der Waals surface area contributed by atoms with Gasteiger partial charge < -0.3 is 14.7 Å². The number of carbonyl (C=O) groups excluding carboxylic acids is 2. The minimum atomic E-state index is -0.935. The van der Waals surface area contributed by atoms with Crippen LogP contribution in [0.25, 0.3) is 0 Å². The van der Waals surface area contributed by atoms with Crippen molar-refractivity contribution in [1.82, 2.24) is 4.90 Å². The molecule has 0 spiro atoms. The third kappa shape index (κ3) is 3.96. The Balaban J connectivity index is 1.93. The van der Waals surface area contributed by atoms with Gasteiger partial charge in [-0.15, -0.1) is 0 Å². The largest absolute Gasteiger partial charge is 0.444 e. The molecule has 0 radical (unpaired) electrons. The zero-order valence-corrected chi connectivity index (χ0v) is 13.4. The maximum Gasteiger partial charge on any atom is 0.410 e. The maximum absolute atomic E-state index is 12.0. The summed E-state index contributed by atoms with van der Waals surface area (Å²) < 4.78 is 5.35. The van der Waals surface area contributed by atoms with Gasteiger partial charge in [0, 0.05) is 25.4 Å². The molecule has 2 aliphatic rings. The van der Waals surface area contributed by atoms with Crippen molar-refractivity contribution in [2.24, 2.45) is 5.92 Å². The lowest BCUT2D eigenvalue weighted by molar-refractivity contribution is -0.140. The Morgan fingerprint density at radius 1 is 1.29 bits per heavy atom. The van der Waals surface area contributed by atoms with Gasteiger partial charge in [-0.1, -0.05) is 6.42 Å². The summed E-state index contributed by atoms with van der Waals surface area (Å²) in [6, 6.07) is 0. The van der Waals surface area contributed by atoms with E-state index in [9.17, 15) is 14.7 Å². The van der Waals surface area contributed by atoms with E-state index in [4.69, 9.17) is 4.74 Å². The van der Waals surface area contributed by atoms with E-state index in [1.165, 1.54) is 0 Å². The zero-order valence-electron chi connectivity index (χ0n) is 13.4. The van der Waals surface area contributed by atoms with Crippen molar-refractivity contribution in [2.45, 2.75) is 70.5 Å². The van der Waals surface area contributed by atoms with E-state index in [0.717, 1.165) is 19.3 Å². The molecule has 1 N–H and O–H groups in total. The number of rotatable bonds is 1. The maximum atomic E-state index is 12.0. The number of amides is 1. The number of hydrogen-bond donors (Lipinski definition) is 1. The molecule has 1 saturated heterocycles. The lowest BCUT2D eigenvalue weighted by Gasteiger charge is -2.43. The van der Waals surface area contributed by atoms with Gasteiger partial charge in [0.1, 0.15) is 11.4 Å². The molecule has 0 aromatic rings. The van der Waals surface area contributed by atoms with Crippen molar-refractivity contribution in [1.29, 1.82) is 0 Å². The first-order valence-electron chi connectivity index (χ1n) is 7.94. The first-order chi connectivity index (χ1) is 9.71. The highest BCUT2D eigenvalue weighted by Gasteiger charge is 2.44. The summed E-state index contributed by atoms with van der Waals surface area (Å²) in [6.07, 6.45) is 3.90. The quantitative estimate of drug-likeness (QED) is 0.807.